The lowest BCUT2D eigenvalue weighted by Crippen LogP contribution is -2.39. The number of hydrogen-bond acceptors (Lipinski definition) is 7. The summed E-state index contributed by atoms with van der Waals surface area (Å²) in [4.78, 5) is 22.3. The fourth-order valence-electron chi connectivity index (χ4n) is 4.72. The molecule has 4 aromatic rings. The van der Waals surface area contributed by atoms with Crippen LogP contribution in [-0.4, -0.2) is 38.3 Å². The maximum Gasteiger partial charge on any atom is 0.289 e. The summed E-state index contributed by atoms with van der Waals surface area (Å²) in [6.07, 6.45) is 2.55. The van der Waals surface area contributed by atoms with E-state index in [-0.39, 0.29) is 23.9 Å². The molecule has 9 heteroatoms. The first-order valence-corrected chi connectivity index (χ1v) is 12.5. The predicted octanol–water partition coefficient (Wildman–Crippen LogP) is 5.20. The van der Waals surface area contributed by atoms with Gasteiger partial charge in [-0.25, -0.2) is 9.97 Å². The van der Waals surface area contributed by atoms with E-state index in [1.54, 1.807) is 0 Å². The molecule has 0 radical (unpaired) electrons. The van der Waals surface area contributed by atoms with Gasteiger partial charge in [0.2, 0.25) is 5.82 Å². The zero-order valence-corrected chi connectivity index (χ0v) is 21.0. The van der Waals surface area contributed by atoms with Crippen LogP contribution in [0.4, 0.5) is 5.82 Å². The topological polar surface area (TPSA) is 113 Å². The fourth-order valence-corrected chi connectivity index (χ4v) is 4.93. The molecule has 0 atom stereocenters. The second-order valence-corrected chi connectivity index (χ2v) is 9.73. The van der Waals surface area contributed by atoms with Crippen LogP contribution < -0.4 is 10.6 Å². The lowest BCUT2D eigenvalue weighted by atomic mass is 9.93. The highest BCUT2D eigenvalue weighted by atomic mass is 35.5. The van der Waals surface area contributed by atoms with Crippen LogP contribution in [0.1, 0.15) is 53.3 Å². The molecule has 0 aliphatic heterocycles. The average molecular weight is 506 g/mol. The monoisotopic (exact) mass is 505 g/mol. The number of nitrogens with one attached hydrogen (secondary N) is 2. The lowest BCUT2D eigenvalue weighted by molar-refractivity contribution is 0.0859. The van der Waals surface area contributed by atoms with Crippen LogP contribution in [0.25, 0.3) is 22.0 Å². The lowest BCUT2D eigenvalue weighted by Gasteiger charge is -2.25. The molecule has 3 N–H and O–H groups in total. The molecule has 1 aliphatic carbocycles. The third kappa shape index (κ3) is 5.20. The van der Waals surface area contributed by atoms with Crippen LogP contribution in [0.3, 0.4) is 0 Å². The maximum absolute atomic E-state index is 13.1. The summed E-state index contributed by atoms with van der Waals surface area (Å²) in [6.45, 7) is 4.26. The number of carbonyl (C=O) groups excluding carboxylic acids is 1. The number of fused-ring (bicyclic) bond motifs is 1. The zero-order valence-electron chi connectivity index (χ0n) is 20.2. The first-order valence-electron chi connectivity index (χ1n) is 12.1. The Bertz CT molecular complexity index is 1390. The Labute approximate surface area is 214 Å². The van der Waals surface area contributed by atoms with Crippen molar-refractivity contribution in [1.29, 1.82) is 0 Å². The number of hydrogen-bond donors (Lipinski definition) is 3. The van der Waals surface area contributed by atoms with E-state index in [0.29, 0.717) is 35.7 Å². The minimum absolute atomic E-state index is 0.00461. The van der Waals surface area contributed by atoms with Gasteiger partial charge in [-0.2, -0.15) is 0 Å². The molecule has 1 saturated carbocycles. The van der Waals surface area contributed by atoms with Crippen molar-refractivity contribution in [3.05, 3.63) is 70.3 Å². The van der Waals surface area contributed by atoms with Gasteiger partial charge in [0.05, 0.1) is 17.3 Å². The largest absolute Gasteiger partial charge is 0.393 e. The molecule has 8 nitrogen and oxygen atoms in total. The van der Waals surface area contributed by atoms with Crippen molar-refractivity contribution in [1.82, 2.24) is 20.4 Å². The molecule has 36 heavy (non-hydrogen) atoms. The standard InChI is InChI=1S/C27H28ClN5O3/c1-15-24(16(2)36-33-15)18-6-11-23-22(13-18)25(29-14-17-4-3-5-19(28)12-17)32-26(31-23)27(35)30-20-7-9-21(34)10-8-20/h3-6,11-13,20-21,34H,7-10,14H2,1-2H3,(H,30,35)(H,29,31,32). The molecule has 0 bridgehead atoms. The number of anilines is 1. The number of benzene rings is 2. The van der Waals surface area contributed by atoms with Crippen molar-refractivity contribution in [2.75, 3.05) is 5.32 Å². The van der Waals surface area contributed by atoms with Gasteiger partial charge in [-0.3, -0.25) is 4.79 Å². The quantitative estimate of drug-likeness (QED) is 0.330. The van der Waals surface area contributed by atoms with Gasteiger partial charge in [0.1, 0.15) is 11.6 Å². The highest BCUT2D eigenvalue weighted by Gasteiger charge is 2.23. The van der Waals surface area contributed by atoms with E-state index in [1.807, 2.05) is 56.3 Å². The van der Waals surface area contributed by atoms with Crippen molar-refractivity contribution < 1.29 is 14.4 Å². The number of amides is 1. The van der Waals surface area contributed by atoms with Gasteiger partial charge in [-0.05, 0) is 74.9 Å². The summed E-state index contributed by atoms with van der Waals surface area (Å²) in [7, 11) is 0. The van der Waals surface area contributed by atoms with Gasteiger partial charge < -0.3 is 20.3 Å². The highest BCUT2D eigenvalue weighted by Crippen LogP contribution is 2.32. The molecule has 1 fully saturated rings. The van der Waals surface area contributed by atoms with E-state index in [1.165, 1.54) is 0 Å². The number of nitrogens with zero attached hydrogens (tertiary/aromatic N) is 3. The van der Waals surface area contributed by atoms with Crippen molar-refractivity contribution in [2.45, 2.75) is 58.2 Å². The Kier molecular flexibility index (Phi) is 6.89. The number of aliphatic hydroxyl groups is 1. The molecule has 1 aliphatic rings. The van der Waals surface area contributed by atoms with Gasteiger partial charge in [0.25, 0.3) is 5.91 Å². The van der Waals surface area contributed by atoms with Crippen LogP contribution in [0.2, 0.25) is 5.02 Å². The van der Waals surface area contributed by atoms with E-state index in [2.05, 4.69) is 25.8 Å². The van der Waals surface area contributed by atoms with E-state index >= 15 is 0 Å². The Balaban J connectivity index is 1.50. The van der Waals surface area contributed by atoms with Crippen molar-refractivity contribution >= 4 is 34.2 Å². The number of aryl methyl sites for hydroxylation is 2. The molecule has 2 heterocycles. The van der Waals surface area contributed by atoms with E-state index in [9.17, 15) is 9.90 Å². The summed E-state index contributed by atoms with van der Waals surface area (Å²) in [6, 6.07) is 13.4. The van der Waals surface area contributed by atoms with Crippen molar-refractivity contribution in [3.63, 3.8) is 0 Å². The van der Waals surface area contributed by atoms with Gasteiger partial charge in [0, 0.05) is 28.6 Å². The normalized spacial score (nSPS) is 17.8. The van der Waals surface area contributed by atoms with Crippen LogP contribution in [0.15, 0.2) is 47.0 Å². The first-order chi connectivity index (χ1) is 17.4. The summed E-state index contributed by atoms with van der Waals surface area (Å²) in [5.74, 6) is 1.07. The van der Waals surface area contributed by atoms with Crippen LogP contribution in [0, 0.1) is 13.8 Å². The second kappa shape index (κ2) is 10.2. The molecular formula is C27H28ClN5O3. The molecule has 2 aromatic heterocycles. The molecule has 1 amide bonds. The van der Waals surface area contributed by atoms with Crippen molar-refractivity contribution in [2.24, 2.45) is 0 Å². The number of aromatic nitrogens is 3. The zero-order chi connectivity index (χ0) is 25.2. The number of halogens is 1. The van der Waals surface area contributed by atoms with E-state index in [0.717, 1.165) is 46.4 Å². The summed E-state index contributed by atoms with van der Waals surface area (Å²) in [5.41, 5.74) is 4.31. The Morgan fingerprint density at radius 1 is 1.11 bits per heavy atom. The molecular weight excluding hydrogens is 478 g/mol. The Morgan fingerprint density at radius 2 is 1.92 bits per heavy atom. The molecule has 5 rings (SSSR count). The summed E-state index contributed by atoms with van der Waals surface area (Å²) >= 11 is 6.16. The van der Waals surface area contributed by atoms with E-state index < -0.39 is 0 Å². The fraction of sp³-hybridized carbons (Fsp3) is 0.333. The Hall–Kier alpha value is -3.49. The average Bonchev–Trinajstić information content (AvgIpc) is 3.21. The minimum Gasteiger partial charge on any atom is -0.393 e. The number of rotatable bonds is 6. The first kappa shape index (κ1) is 24.2. The van der Waals surface area contributed by atoms with Gasteiger partial charge in [-0.1, -0.05) is 35.0 Å². The summed E-state index contributed by atoms with van der Waals surface area (Å²) < 4.78 is 5.36. The highest BCUT2D eigenvalue weighted by molar-refractivity contribution is 6.30. The third-order valence-corrected chi connectivity index (χ3v) is 6.84. The molecule has 0 unspecified atom stereocenters. The van der Waals surface area contributed by atoms with E-state index in [4.69, 9.17) is 16.1 Å². The van der Waals surface area contributed by atoms with Gasteiger partial charge in [-0.15, -0.1) is 0 Å². The predicted molar refractivity (Wildman–Crippen MR) is 139 cm³/mol. The SMILES string of the molecule is Cc1noc(C)c1-c1ccc2nc(C(=O)NC3CCC(O)CC3)nc(NCc3cccc(Cl)c3)c2c1. The van der Waals surface area contributed by atoms with Gasteiger partial charge in [0.15, 0.2) is 0 Å². The second-order valence-electron chi connectivity index (χ2n) is 9.29. The summed E-state index contributed by atoms with van der Waals surface area (Å²) in [5, 5.41) is 21.7. The molecule has 2 aromatic carbocycles. The Morgan fingerprint density at radius 3 is 2.64 bits per heavy atom. The van der Waals surface area contributed by atoms with Crippen LogP contribution >= 0.6 is 11.6 Å². The van der Waals surface area contributed by atoms with Crippen LogP contribution in [-0.2, 0) is 6.54 Å². The minimum atomic E-state index is -0.320. The van der Waals surface area contributed by atoms with Gasteiger partial charge >= 0.3 is 0 Å². The molecule has 0 spiro atoms. The van der Waals surface area contributed by atoms with Crippen LogP contribution in [0.5, 0.6) is 0 Å². The van der Waals surface area contributed by atoms with Crippen molar-refractivity contribution in [3.8, 4) is 11.1 Å². The smallest absolute Gasteiger partial charge is 0.289 e. The third-order valence-electron chi connectivity index (χ3n) is 6.60. The maximum atomic E-state index is 13.1. The molecule has 0 saturated heterocycles. The molecule has 186 valence electrons. The number of aliphatic hydroxyl groups excluding tert-OH is 1. The number of carbonyl (C=O) groups is 1.